The summed E-state index contributed by atoms with van der Waals surface area (Å²) in [5.41, 5.74) is 8.82. The number of benzene rings is 1. The quantitative estimate of drug-likeness (QED) is 0.839. The van der Waals surface area contributed by atoms with Crippen LogP contribution < -0.4 is 10.6 Å². The van der Waals surface area contributed by atoms with Gasteiger partial charge in [0.1, 0.15) is 0 Å². The van der Waals surface area contributed by atoms with Crippen LogP contribution in [0.5, 0.6) is 0 Å². The van der Waals surface area contributed by atoms with Gasteiger partial charge < -0.3 is 15.4 Å². The van der Waals surface area contributed by atoms with Crippen LogP contribution in [0.1, 0.15) is 12.8 Å². The van der Waals surface area contributed by atoms with Crippen LogP contribution in [0.25, 0.3) is 10.9 Å². The Hall–Kier alpha value is -1.81. The fraction of sp³-hybridized carbons (Fsp3) is 0.400. The molecule has 1 aromatic heterocycles. The lowest BCUT2D eigenvalue weighted by atomic mass is 10.0. The van der Waals surface area contributed by atoms with Crippen molar-refractivity contribution in [1.82, 2.24) is 4.98 Å². The van der Waals surface area contributed by atoms with E-state index in [2.05, 4.69) is 29.1 Å². The number of hydrogen-bond acceptors (Lipinski definition) is 4. The van der Waals surface area contributed by atoms with Gasteiger partial charge in [-0.05, 0) is 37.1 Å². The Labute approximate surface area is 113 Å². The number of fused-ring (bicyclic) bond motifs is 1. The van der Waals surface area contributed by atoms with Crippen molar-refractivity contribution in [2.24, 2.45) is 0 Å². The third kappa shape index (κ3) is 2.24. The fourth-order valence-corrected chi connectivity index (χ4v) is 2.76. The molecule has 0 spiro atoms. The van der Waals surface area contributed by atoms with E-state index >= 15 is 0 Å². The molecule has 3 rings (SSSR count). The first kappa shape index (κ1) is 12.2. The Balaban J connectivity index is 2.02. The van der Waals surface area contributed by atoms with Crippen molar-refractivity contribution >= 4 is 22.3 Å². The average Bonchev–Trinajstić information content (AvgIpc) is 2.48. The number of hydrogen-bond donors (Lipinski definition) is 1. The van der Waals surface area contributed by atoms with Crippen molar-refractivity contribution in [3.63, 3.8) is 0 Å². The monoisotopic (exact) mass is 257 g/mol. The van der Waals surface area contributed by atoms with Gasteiger partial charge in [-0.25, -0.2) is 0 Å². The molecule has 1 saturated heterocycles. The normalized spacial score (nSPS) is 16.7. The van der Waals surface area contributed by atoms with Gasteiger partial charge in [-0.2, -0.15) is 0 Å². The minimum Gasteiger partial charge on any atom is -0.397 e. The second-order valence-electron chi connectivity index (χ2n) is 5.03. The smallest absolute Gasteiger partial charge is 0.0951 e. The average molecular weight is 257 g/mol. The maximum atomic E-state index is 6.00. The molecule has 1 aliphatic heterocycles. The molecule has 0 saturated carbocycles. The van der Waals surface area contributed by atoms with Gasteiger partial charge in [0.2, 0.25) is 0 Å². The molecular weight excluding hydrogens is 238 g/mol. The summed E-state index contributed by atoms with van der Waals surface area (Å²) < 4.78 is 5.43. The first-order valence-corrected chi connectivity index (χ1v) is 6.71. The number of anilines is 2. The predicted molar refractivity (Wildman–Crippen MR) is 78.4 cm³/mol. The summed E-state index contributed by atoms with van der Waals surface area (Å²) in [6, 6.07) is 8.61. The summed E-state index contributed by atoms with van der Waals surface area (Å²) in [6.07, 6.45) is 3.93. The summed E-state index contributed by atoms with van der Waals surface area (Å²) in [5.74, 6) is 0. The van der Waals surface area contributed by atoms with Crippen LogP contribution in [0.4, 0.5) is 11.4 Å². The number of nitrogen functional groups attached to an aromatic ring is 1. The molecule has 0 bridgehead atoms. The molecule has 1 aliphatic rings. The van der Waals surface area contributed by atoms with Crippen molar-refractivity contribution in [2.75, 3.05) is 30.9 Å². The highest BCUT2D eigenvalue weighted by molar-refractivity contribution is 5.98. The second kappa shape index (κ2) is 5.05. The van der Waals surface area contributed by atoms with Gasteiger partial charge >= 0.3 is 0 Å². The van der Waals surface area contributed by atoms with Crippen molar-refractivity contribution in [3.05, 3.63) is 30.5 Å². The highest BCUT2D eigenvalue weighted by Crippen LogP contribution is 2.31. The molecule has 0 atom stereocenters. The number of rotatable bonds is 2. The molecule has 0 amide bonds. The molecule has 0 aliphatic carbocycles. The van der Waals surface area contributed by atoms with E-state index in [9.17, 15) is 0 Å². The molecule has 2 aromatic rings. The van der Waals surface area contributed by atoms with Gasteiger partial charge in [-0.3, -0.25) is 4.98 Å². The number of pyridine rings is 1. The summed E-state index contributed by atoms with van der Waals surface area (Å²) >= 11 is 0. The standard InChI is InChI=1S/C15H19N3O/c1-18(11-6-9-19-10-7-11)14-5-4-13(16)15-12(14)3-2-8-17-15/h2-5,8,11H,6-7,9-10,16H2,1H3. The highest BCUT2D eigenvalue weighted by atomic mass is 16.5. The maximum absolute atomic E-state index is 6.00. The lowest BCUT2D eigenvalue weighted by Gasteiger charge is -2.33. The van der Waals surface area contributed by atoms with E-state index < -0.39 is 0 Å². The molecule has 2 N–H and O–H groups in total. The minimum atomic E-state index is 0.529. The van der Waals surface area contributed by atoms with E-state index in [1.54, 1.807) is 6.20 Å². The molecule has 0 radical (unpaired) electrons. The zero-order valence-electron chi connectivity index (χ0n) is 11.2. The van der Waals surface area contributed by atoms with Crippen LogP contribution in [0.2, 0.25) is 0 Å². The Morgan fingerprint density at radius 2 is 2.05 bits per heavy atom. The van der Waals surface area contributed by atoms with Gasteiger partial charge in [0, 0.05) is 43.6 Å². The number of nitrogens with two attached hydrogens (primary N) is 1. The highest BCUT2D eigenvalue weighted by Gasteiger charge is 2.20. The van der Waals surface area contributed by atoms with E-state index in [4.69, 9.17) is 10.5 Å². The second-order valence-corrected chi connectivity index (χ2v) is 5.03. The van der Waals surface area contributed by atoms with Gasteiger partial charge in [0.05, 0.1) is 11.2 Å². The summed E-state index contributed by atoms with van der Waals surface area (Å²) in [7, 11) is 2.15. The van der Waals surface area contributed by atoms with Crippen LogP contribution in [0.15, 0.2) is 30.5 Å². The number of aromatic nitrogens is 1. The van der Waals surface area contributed by atoms with Gasteiger partial charge in [-0.15, -0.1) is 0 Å². The SMILES string of the molecule is CN(c1ccc(N)c2ncccc12)C1CCOCC1. The fourth-order valence-electron chi connectivity index (χ4n) is 2.76. The zero-order valence-corrected chi connectivity index (χ0v) is 11.2. The van der Waals surface area contributed by atoms with Gasteiger partial charge in [-0.1, -0.05) is 0 Å². The molecule has 100 valence electrons. The summed E-state index contributed by atoms with van der Waals surface area (Å²) in [6.45, 7) is 1.69. The largest absolute Gasteiger partial charge is 0.397 e. The maximum Gasteiger partial charge on any atom is 0.0951 e. The Bertz CT molecular complexity index is 579. The van der Waals surface area contributed by atoms with Crippen molar-refractivity contribution in [3.8, 4) is 0 Å². The summed E-state index contributed by atoms with van der Waals surface area (Å²) in [4.78, 5) is 6.73. The molecule has 1 aromatic carbocycles. The van der Waals surface area contributed by atoms with E-state index in [1.165, 1.54) is 5.69 Å². The Morgan fingerprint density at radius 1 is 1.26 bits per heavy atom. The van der Waals surface area contributed by atoms with Crippen molar-refractivity contribution in [1.29, 1.82) is 0 Å². The van der Waals surface area contributed by atoms with E-state index in [0.717, 1.165) is 42.6 Å². The van der Waals surface area contributed by atoms with Crippen LogP contribution in [-0.2, 0) is 4.74 Å². The minimum absolute atomic E-state index is 0.529. The lowest BCUT2D eigenvalue weighted by Crippen LogP contribution is -2.36. The lowest BCUT2D eigenvalue weighted by molar-refractivity contribution is 0.0855. The van der Waals surface area contributed by atoms with E-state index in [1.807, 2.05) is 12.1 Å². The van der Waals surface area contributed by atoms with Crippen LogP contribution >= 0.6 is 0 Å². The molecule has 4 nitrogen and oxygen atoms in total. The first-order valence-electron chi connectivity index (χ1n) is 6.71. The third-order valence-electron chi connectivity index (χ3n) is 3.90. The molecule has 19 heavy (non-hydrogen) atoms. The van der Waals surface area contributed by atoms with Crippen LogP contribution in [0, 0.1) is 0 Å². The molecule has 4 heteroatoms. The van der Waals surface area contributed by atoms with E-state index in [-0.39, 0.29) is 0 Å². The van der Waals surface area contributed by atoms with Crippen molar-refractivity contribution in [2.45, 2.75) is 18.9 Å². The van der Waals surface area contributed by atoms with Crippen LogP contribution in [-0.4, -0.2) is 31.3 Å². The number of ether oxygens (including phenoxy) is 1. The van der Waals surface area contributed by atoms with Crippen LogP contribution in [0.3, 0.4) is 0 Å². The Morgan fingerprint density at radius 3 is 2.84 bits per heavy atom. The molecule has 2 heterocycles. The number of nitrogens with zero attached hydrogens (tertiary/aromatic N) is 2. The first-order chi connectivity index (χ1) is 9.27. The predicted octanol–water partition coefficient (Wildman–Crippen LogP) is 2.43. The molecular formula is C15H19N3O. The third-order valence-corrected chi connectivity index (χ3v) is 3.90. The van der Waals surface area contributed by atoms with Gasteiger partial charge in [0.25, 0.3) is 0 Å². The topological polar surface area (TPSA) is 51.4 Å². The zero-order chi connectivity index (χ0) is 13.2. The molecule has 1 fully saturated rings. The Kier molecular flexibility index (Phi) is 3.25. The van der Waals surface area contributed by atoms with Gasteiger partial charge in [0.15, 0.2) is 0 Å². The molecule has 0 unspecified atom stereocenters. The van der Waals surface area contributed by atoms with E-state index in [0.29, 0.717) is 6.04 Å². The van der Waals surface area contributed by atoms with Crippen molar-refractivity contribution < 1.29 is 4.74 Å². The summed E-state index contributed by atoms with van der Waals surface area (Å²) in [5, 5.41) is 1.12.